The smallest absolute Gasteiger partial charge is 0.237 e. The standard InChI is InChI=1S/C20H24FN3O2/c1-24-13-6-2-3-10-17(24)19(25)23-14-15-8-7-12-22-20(15)26-18-11-5-4-9-16(18)21/h4-5,7-9,11-12,17H,2-3,6,10,13-14H2,1H3,(H,23,25). The van der Waals surface area contributed by atoms with E-state index in [-0.39, 0.29) is 17.7 Å². The van der Waals surface area contributed by atoms with Crippen LogP contribution in [0.2, 0.25) is 0 Å². The second-order valence-electron chi connectivity index (χ2n) is 6.56. The van der Waals surface area contributed by atoms with E-state index in [1.54, 1.807) is 30.5 Å². The monoisotopic (exact) mass is 357 g/mol. The maximum absolute atomic E-state index is 13.8. The summed E-state index contributed by atoms with van der Waals surface area (Å²) in [6.45, 7) is 1.23. The van der Waals surface area contributed by atoms with Crippen molar-refractivity contribution in [2.45, 2.75) is 38.3 Å². The average Bonchev–Trinajstić information content (AvgIpc) is 2.87. The van der Waals surface area contributed by atoms with Gasteiger partial charge in [-0.05, 0) is 44.6 Å². The van der Waals surface area contributed by atoms with Crippen molar-refractivity contribution >= 4 is 5.91 Å². The zero-order valence-corrected chi connectivity index (χ0v) is 15.0. The number of benzene rings is 1. The summed E-state index contributed by atoms with van der Waals surface area (Å²) in [6, 6.07) is 9.67. The molecule has 0 bridgehead atoms. The molecule has 1 aromatic carbocycles. The van der Waals surface area contributed by atoms with E-state index < -0.39 is 5.82 Å². The maximum Gasteiger partial charge on any atom is 0.237 e. The first-order valence-corrected chi connectivity index (χ1v) is 8.99. The largest absolute Gasteiger partial charge is 0.436 e. The van der Waals surface area contributed by atoms with Crippen LogP contribution in [-0.4, -0.2) is 35.4 Å². The summed E-state index contributed by atoms with van der Waals surface area (Å²) >= 11 is 0. The number of carbonyl (C=O) groups excluding carboxylic acids is 1. The third-order valence-corrected chi connectivity index (χ3v) is 4.67. The van der Waals surface area contributed by atoms with Gasteiger partial charge >= 0.3 is 0 Å². The van der Waals surface area contributed by atoms with Gasteiger partial charge in [-0.3, -0.25) is 9.69 Å². The van der Waals surface area contributed by atoms with Gasteiger partial charge in [0.05, 0.1) is 6.04 Å². The van der Waals surface area contributed by atoms with Crippen LogP contribution in [0.3, 0.4) is 0 Å². The van der Waals surface area contributed by atoms with E-state index in [9.17, 15) is 9.18 Å². The van der Waals surface area contributed by atoms with E-state index in [4.69, 9.17) is 4.74 Å². The number of carbonyl (C=O) groups is 1. The molecule has 1 unspecified atom stereocenters. The normalized spacial score (nSPS) is 18.2. The molecule has 5 nitrogen and oxygen atoms in total. The summed E-state index contributed by atoms with van der Waals surface area (Å²) in [5.41, 5.74) is 0.709. The Hall–Kier alpha value is -2.47. The number of likely N-dealkylation sites (tertiary alicyclic amines) is 1. The molecule has 1 fully saturated rings. The van der Waals surface area contributed by atoms with Gasteiger partial charge in [-0.25, -0.2) is 9.37 Å². The fourth-order valence-corrected chi connectivity index (χ4v) is 3.17. The molecule has 1 saturated heterocycles. The molecule has 0 radical (unpaired) electrons. The highest BCUT2D eigenvalue weighted by atomic mass is 19.1. The number of halogens is 1. The number of hydrogen-bond acceptors (Lipinski definition) is 4. The molecule has 3 rings (SSSR count). The Morgan fingerprint density at radius 3 is 2.96 bits per heavy atom. The summed E-state index contributed by atoms with van der Waals surface area (Å²) in [7, 11) is 1.99. The highest BCUT2D eigenvalue weighted by Crippen LogP contribution is 2.25. The molecule has 1 N–H and O–H groups in total. The first kappa shape index (κ1) is 18.3. The number of nitrogens with zero attached hydrogens (tertiary/aromatic N) is 2. The highest BCUT2D eigenvalue weighted by Gasteiger charge is 2.24. The molecule has 26 heavy (non-hydrogen) atoms. The van der Waals surface area contributed by atoms with Crippen molar-refractivity contribution < 1.29 is 13.9 Å². The molecular formula is C20H24FN3O2. The van der Waals surface area contributed by atoms with Crippen LogP contribution in [0.1, 0.15) is 31.2 Å². The molecule has 2 aromatic rings. The number of ether oxygens (including phenoxy) is 1. The zero-order valence-electron chi connectivity index (χ0n) is 15.0. The van der Waals surface area contributed by atoms with Crippen LogP contribution in [0.15, 0.2) is 42.6 Å². The topological polar surface area (TPSA) is 54.5 Å². The third-order valence-electron chi connectivity index (χ3n) is 4.67. The van der Waals surface area contributed by atoms with Crippen LogP contribution in [0, 0.1) is 5.82 Å². The SMILES string of the molecule is CN1CCCCCC1C(=O)NCc1cccnc1Oc1ccccc1F. The Kier molecular flexibility index (Phi) is 6.17. The Morgan fingerprint density at radius 2 is 2.12 bits per heavy atom. The fraction of sp³-hybridized carbons (Fsp3) is 0.400. The van der Waals surface area contributed by atoms with E-state index in [2.05, 4.69) is 15.2 Å². The first-order valence-electron chi connectivity index (χ1n) is 8.99. The van der Waals surface area contributed by atoms with E-state index in [1.165, 1.54) is 6.07 Å². The number of aromatic nitrogens is 1. The number of rotatable bonds is 5. The molecule has 1 atom stereocenters. The van der Waals surface area contributed by atoms with Crippen LogP contribution in [-0.2, 0) is 11.3 Å². The molecule has 1 aliphatic rings. The molecule has 6 heteroatoms. The van der Waals surface area contributed by atoms with Gasteiger partial charge in [0.2, 0.25) is 11.8 Å². The van der Waals surface area contributed by atoms with Gasteiger partial charge in [-0.2, -0.15) is 0 Å². The molecule has 1 amide bonds. The van der Waals surface area contributed by atoms with Crippen LogP contribution < -0.4 is 10.1 Å². The van der Waals surface area contributed by atoms with Gasteiger partial charge in [0, 0.05) is 18.3 Å². The second-order valence-corrected chi connectivity index (χ2v) is 6.56. The van der Waals surface area contributed by atoms with Gasteiger partial charge in [-0.1, -0.05) is 31.0 Å². The number of nitrogens with one attached hydrogen (secondary N) is 1. The zero-order chi connectivity index (χ0) is 18.4. The summed E-state index contributed by atoms with van der Waals surface area (Å²) < 4.78 is 19.4. The minimum atomic E-state index is -0.451. The average molecular weight is 357 g/mol. The summed E-state index contributed by atoms with van der Waals surface area (Å²) in [5.74, 6) is -0.0299. The van der Waals surface area contributed by atoms with Gasteiger partial charge in [0.25, 0.3) is 0 Å². The molecule has 1 aromatic heterocycles. The van der Waals surface area contributed by atoms with Gasteiger partial charge in [0.15, 0.2) is 11.6 Å². The van der Waals surface area contributed by atoms with Crippen molar-refractivity contribution in [3.8, 4) is 11.6 Å². The number of hydrogen-bond donors (Lipinski definition) is 1. The Balaban J connectivity index is 1.66. The van der Waals surface area contributed by atoms with Crippen molar-refractivity contribution in [3.05, 3.63) is 54.0 Å². The summed E-state index contributed by atoms with van der Waals surface area (Å²) in [4.78, 5) is 18.9. The minimum Gasteiger partial charge on any atom is -0.436 e. The lowest BCUT2D eigenvalue weighted by Crippen LogP contribution is -2.44. The molecule has 138 valence electrons. The second kappa shape index (κ2) is 8.76. The van der Waals surface area contributed by atoms with Crippen LogP contribution in [0.4, 0.5) is 4.39 Å². The summed E-state index contributed by atoms with van der Waals surface area (Å²) in [6.07, 6.45) is 5.81. The highest BCUT2D eigenvalue weighted by molar-refractivity contribution is 5.81. The molecular weight excluding hydrogens is 333 g/mol. The number of pyridine rings is 1. The van der Waals surface area contributed by atoms with Crippen molar-refractivity contribution in [2.75, 3.05) is 13.6 Å². The van der Waals surface area contributed by atoms with Gasteiger partial charge in [0.1, 0.15) is 0 Å². The van der Waals surface area contributed by atoms with Crippen LogP contribution in [0.25, 0.3) is 0 Å². The molecule has 0 saturated carbocycles. The van der Waals surface area contributed by atoms with E-state index in [0.29, 0.717) is 18.0 Å². The van der Waals surface area contributed by atoms with E-state index in [0.717, 1.165) is 32.2 Å². The Morgan fingerprint density at radius 1 is 1.27 bits per heavy atom. The van der Waals surface area contributed by atoms with E-state index in [1.807, 2.05) is 13.1 Å². The third kappa shape index (κ3) is 4.58. The Bertz CT molecular complexity index is 753. The predicted molar refractivity (Wildman–Crippen MR) is 97.4 cm³/mol. The molecule has 1 aliphatic heterocycles. The van der Waals surface area contributed by atoms with Crippen molar-refractivity contribution in [1.29, 1.82) is 0 Å². The lowest BCUT2D eigenvalue weighted by molar-refractivity contribution is -0.126. The number of para-hydroxylation sites is 1. The summed E-state index contributed by atoms with van der Waals surface area (Å²) in [5, 5.41) is 2.97. The predicted octanol–water partition coefficient (Wildman–Crippen LogP) is 3.50. The maximum atomic E-state index is 13.8. The van der Waals surface area contributed by atoms with Crippen LogP contribution >= 0.6 is 0 Å². The fourth-order valence-electron chi connectivity index (χ4n) is 3.17. The lowest BCUT2D eigenvalue weighted by Gasteiger charge is -2.24. The Labute approximate surface area is 153 Å². The molecule has 0 spiro atoms. The van der Waals surface area contributed by atoms with Crippen molar-refractivity contribution in [1.82, 2.24) is 15.2 Å². The van der Waals surface area contributed by atoms with Gasteiger partial charge < -0.3 is 10.1 Å². The number of amides is 1. The van der Waals surface area contributed by atoms with Gasteiger partial charge in [-0.15, -0.1) is 0 Å². The van der Waals surface area contributed by atoms with Crippen LogP contribution in [0.5, 0.6) is 11.6 Å². The molecule has 2 heterocycles. The number of likely N-dealkylation sites (N-methyl/N-ethyl adjacent to an activating group) is 1. The first-order chi connectivity index (χ1) is 12.6. The minimum absolute atomic E-state index is 0.00935. The molecule has 0 aliphatic carbocycles. The lowest BCUT2D eigenvalue weighted by atomic mass is 10.1. The quantitative estimate of drug-likeness (QED) is 0.890. The van der Waals surface area contributed by atoms with Crippen molar-refractivity contribution in [3.63, 3.8) is 0 Å². The van der Waals surface area contributed by atoms with E-state index >= 15 is 0 Å². The van der Waals surface area contributed by atoms with Crippen molar-refractivity contribution in [2.24, 2.45) is 0 Å².